The quantitative estimate of drug-likeness (QED) is 0.922. The summed E-state index contributed by atoms with van der Waals surface area (Å²) in [7, 11) is 0. The van der Waals surface area contributed by atoms with Gasteiger partial charge in [0.25, 0.3) is 0 Å². The van der Waals surface area contributed by atoms with Gasteiger partial charge >= 0.3 is 6.36 Å². The number of benzene rings is 1. The molecule has 21 heavy (non-hydrogen) atoms. The first-order chi connectivity index (χ1) is 9.84. The van der Waals surface area contributed by atoms with Gasteiger partial charge in [-0.3, -0.25) is 0 Å². The molecule has 8 heteroatoms. The summed E-state index contributed by atoms with van der Waals surface area (Å²) in [5.41, 5.74) is -0.341. The molecule has 2 rings (SSSR count). The Morgan fingerprint density at radius 1 is 1.33 bits per heavy atom. The van der Waals surface area contributed by atoms with Crippen molar-refractivity contribution in [1.82, 2.24) is 0 Å². The Hall–Kier alpha value is -1.65. The summed E-state index contributed by atoms with van der Waals surface area (Å²) >= 11 is 5.77. The summed E-state index contributed by atoms with van der Waals surface area (Å²) < 4.78 is 45.5. The van der Waals surface area contributed by atoms with Crippen LogP contribution in [-0.4, -0.2) is 25.1 Å². The highest BCUT2D eigenvalue weighted by molar-refractivity contribution is 6.32. The van der Waals surface area contributed by atoms with E-state index in [-0.39, 0.29) is 5.02 Å². The lowest BCUT2D eigenvalue weighted by molar-refractivity contribution is -0.274. The average Bonchev–Trinajstić information content (AvgIpc) is 2.42. The summed E-state index contributed by atoms with van der Waals surface area (Å²) in [4.78, 5) is 0. The topological polar surface area (TPSA) is 54.3 Å². The Kier molecular flexibility index (Phi) is 4.49. The minimum atomic E-state index is -4.80. The molecule has 1 aromatic rings. The number of hydrogen-bond donors (Lipinski definition) is 1. The lowest BCUT2D eigenvalue weighted by atomic mass is 9.91. The zero-order valence-electron chi connectivity index (χ0n) is 10.8. The average molecular weight is 321 g/mol. The molecule has 1 aliphatic rings. The normalized spacial score (nSPS) is 17.9. The van der Waals surface area contributed by atoms with Crippen LogP contribution in [0.4, 0.5) is 18.9 Å². The van der Waals surface area contributed by atoms with Gasteiger partial charge < -0.3 is 14.8 Å². The van der Waals surface area contributed by atoms with E-state index in [9.17, 15) is 18.4 Å². The van der Waals surface area contributed by atoms with Gasteiger partial charge in [-0.05, 0) is 18.2 Å². The van der Waals surface area contributed by atoms with Crippen molar-refractivity contribution in [1.29, 1.82) is 5.26 Å². The third-order valence-corrected chi connectivity index (χ3v) is 3.40. The van der Waals surface area contributed by atoms with E-state index in [4.69, 9.17) is 16.3 Å². The number of nitriles is 1. The summed E-state index contributed by atoms with van der Waals surface area (Å²) in [5, 5.41) is 12.1. The van der Waals surface area contributed by atoms with Crippen LogP contribution in [-0.2, 0) is 4.74 Å². The lowest BCUT2D eigenvalue weighted by Crippen LogP contribution is -2.42. The molecule has 0 unspecified atom stereocenters. The highest BCUT2D eigenvalue weighted by atomic mass is 35.5. The molecule has 1 saturated heterocycles. The molecule has 0 spiro atoms. The molecule has 0 amide bonds. The van der Waals surface area contributed by atoms with Crippen molar-refractivity contribution in [2.45, 2.75) is 24.7 Å². The minimum Gasteiger partial charge on any atom is -0.404 e. The number of rotatable bonds is 3. The third kappa shape index (κ3) is 4.16. The van der Waals surface area contributed by atoms with Gasteiger partial charge in [-0.2, -0.15) is 5.26 Å². The molecule has 114 valence electrons. The van der Waals surface area contributed by atoms with Crippen molar-refractivity contribution in [3.63, 3.8) is 0 Å². The molecule has 1 heterocycles. The van der Waals surface area contributed by atoms with Gasteiger partial charge in [0.15, 0.2) is 0 Å². The molecule has 0 atom stereocenters. The van der Waals surface area contributed by atoms with Crippen molar-refractivity contribution < 1.29 is 22.6 Å². The Balaban J connectivity index is 2.15. The highest BCUT2D eigenvalue weighted by Gasteiger charge is 2.34. The second-order valence-electron chi connectivity index (χ2n) is 4.62. The van der Waals surface area contributed by atoms with Crippen molar-refractivity contribution in [3.05, 3.63) is 23.2 Å². The van der Waals surface area contributed by atoms with E-state index in [0.29, 0.717) is 31.7 Å². The maximum atomic E-state index is 12.2. The Morgan fingerprint density at radius 2 is 2.00 bits per heavy atom. The third-order valence-electron chi connectivity index (χ3n) is 3.10. The number of anilines is 1. The van der Waals surface area contributed by atoms with Crippen LogP contribution in [0, 0.1) is 11.3 Å². The van der Waals surface area contributed by atoms with Crippen LogP contribution in [0.3, 0.4) is 0 Å². The van der Waals surface area contributed by atoms with E-state index in [1.807, 2.05) is 0 Å². The molecule has 1 aliphatic heterocycles. The largest absolute Gasteiger partial charge is 0.573 e. The first-order valence-electron chi connectivity index (χ1n) is 6.16. The fraction of sp³-hybridized carbons (Fsp3) is 0.462. The molecule has 0 bridgehead atoms. The molecule has 1 fully saturated rings. The fourth-order valence-electron chi connectivity index (χ4n) is 2.05. The molecule has 0 saturated carbocycles. The Labute approximate surface area is 124 Å². The van der Waals surface area contributed by atoms with Gasteiger partial charge in [-0.15, -0.1) is 13.2 Å². The number of alkyl halides is 3. The maximum Gasteiger partial charge on any atom is 0.573 e. The van der Waals surface area contributed by atoms with E-state index in [1.54, 1.807) is 0 Å². The predicted octanol–water partition coefficient (Wildman–Crippen LogP) is 3.72. The van der Waals surface area contributed by atoms with Gasteiger partial charge in [0.1, 0.15) is 11.3 Å². The maximum absolute atomic E-state index is 12.2. The summed E-state index contributed by atoms with van der Waals surface area (Å²) in [6, 6.07) is 6.00. The van der Waals surface area contributed by atoms with Crippen LogP contribution in [0.1, 0.15) is 12.8 Å². The smallest absolute Gasteiger partial charge is 0.404 e. The molecule has 0 radical (unpaired) electrons. The van der Waals surface area contributed by atoms with Gasteiger partial charge in [0, 0.05) is 31.7 Å². The second kappa shape index (κ2) is 6.00. The molecule has 0 aromatic heterocycles. The highest BCUT2D eigenvalue weighted by Crippen LogP contribution is 2.34. The molecular weight excluding hydrogens is 309 g/mol. The first kappa shape index (κ1) is 15.7. The van der Waals surface area contributed by atoms with Gasteiger partial charge in [-0.1, -0.05) is 11.6 Å². The van der Waals surface area contributed by atoms with Crippen molar-refractivity contribution in [3.8, 4) is 11.8 Å². The number of ether oxygens (including phenoxy) is 2. The van der Waals surface area contributed by atoms with Crippen LogP contribution in [0.15, 0.2) is 18.2 Å². The number of nitrogens with zero attached hydrogens (tertiary/aromatic N) is 1. The van der Waals surface area contributed by atoms with Crippen LogP contribution >= 0.6 is 11.6 Å². The molecular formula is C13H12ClF3N2O2. The molecule has 0 aliphatic carbocycles. The Morgan fingerprint density at radius 3 is 2.52 bits per heavy atom. The van der Waals surface area contributed by atoms with Crippen LogP contribution < -0.4 is 10.1 Å². The van der Waals surface area contributed by atoms with E-state index in [1.165, 1.54) is 12.1 Å². The standard InChI is InChI=1S/C13H12ClF3N2O2/c14-10-7-9(1-2-11(10)21-13(15,16)17)19-12(8-18)3-5-20-6-4-12/h1-2,7,19H,3-6H2. The number of hydrogen-bond acceptors (Lipinski definition) is 4. The molecule has 1 aromatic carbocycles. The van der Waals surface area contributed by atoms with Crippen LogP contribution in [0.25, 0.3) is 0 Å². The van der Waals surface area contributed by atoms with Gasteiger partial charge in [-0.25, -0.2) is 0 Å². The lowest BCUT2D eigenvalue weighted by Gasteiger charge is -2.32. The van der Waals surface area contributed by atoms with Crippen LogP contribution in [0.5, 0.6) is 5.75 Å². The first-order valence-corrected chi connectivity index (χ1v) is 6.54. The fourth-order valence-corrected chi connectivity index (χ4v) is 2.27. The van der Waals surface area contributed by atoms with Crippen molar-refractivity contribution in [2.24, 2.45) is 0 Å². The second-order valence-corrected chi connectivity index (χ2v) is 5.03. The zero-order valence-corrected chi connectivity index (χ0v) is 11.6. The summed E-state index contributed by atoms with van der Waals surface area (Å²) in [6.45, 7) is 0.896. The summed E-state index contributed by atoms with van der Waals surface area (Å²) in [5.74, 6) is -0.479. The SMILES string of the molecule is N#CC1(Nc2ccc(OC(F)(F)F)c(Cl)c2)CCOCC1. The van der Waals surface area contributed by atoms with E-state index in [2.05, 4.69) is 16.1 Å². The van der Waals surface area contributed by atoms with E-state index < -0.39 is 17.7 Å². The minimum absolute atomic E-state index is 0.183. The number of nitrogens with one attached hydrogen (secondary N) is 1. The summed E-state index contributed by atoms with van der Waals surface area (Å²) in [6.07, 6.45) is -3.82. The zero-order chi connectivity index (χ0) is 15.5. The van der Waals surface area contributed by atoms with E-state index >= 15 is 0 Å². The van der Waals surface area contributed by atoms with Crippen molar-refractivity contribution >= 4 is 17.3 Å². The molecule has 4 nitrogen and oxygen atoms in total. The van der Waals surface area contributed by atoms with Crippen LogP contribution in [0.2, 0.25) is 5.02 Å². The Bertz CT molecular complexity index is 551. The van der Waals surface area contributed by atoms with Crippen molar-refractivity contribution in [2.75, 3.05) is 18.5 Å². The van der Waals surface area contributed by atoms with E-state index in [0.717, 1.165) is 6.07 Å². The predicted molar refractivity (Wildman–Crippen MR) is 70.2 cm³/mol. The monoisotopic (exact) mass is 320 g/mol. The molecule has 1 N–H and O–H groups in total. The number of halogens is 4. The van der Waals surface area contributed by atoms with Gasteiger partial charge in [0.2, 0.25) is 0 Å². The van der Waals surface area contributed by atoms with Gasteiger partial charge in [0.05, 0.1) is 11.1 Å².